The van der Waals surface area contributed by atoms with Crippen LogP contribution in [0.4, 0.5) is 17.1 Å². The van der Waals surface area contributed by atoms with Gasteiger partial charge in [0.2, 0.25) is 0 Å². The number of imidazole rings is 1. The van der Waals surface area contributed by atoms with Crippen molar-refractivity contribution in [3.8, 4) is 22.8 Å². The summed E-state index contributed by atoms with van der Waals surface area (Å²) < 4.78 is 4.89. The highest BCUT2D eigenvalue weighted by atomic mass is 15.2. The monoisotopic (exact) mass is 694 g/mol. The van der Waals surface area contributed by atoms with Crippen LogP contribution in [0.3, 0.4) is 0 Å². The van der Waals surface area contributed by atoms with Gasteiger partial charge in [0.1, 0.15) is 5.82 Å². The molecular formula is C49H39BN4. The lowest BCUT2D eigenvalue weighted by molar-refractivity contribution is 0.590. The first-order chi connectivity index (χ1) is 26.3. The van der Waals surface area contributed by atoms with Crippen LogP contribution in [0.25, 0.3) is 55.6 Å². The molecular weight excluding hydrogens is 655 g/mol. The van der Waals surface area contributed by atoms with Gasteiger partial charge in [-0.2, -0.15) is 0 Å². The Morgan fingerprint density at radius 1 is 0.537 bits per heavy atom. The van der Waals surface area contributed by atoms with Gasteiger partial charge in [-0.1, -0.05) is 112 Å². The molecule has 0 spiro atoms. The fraction of sp³-hybridized carbons (Fsp3) is 0.122. The minimum absolute atomic E-state index is 0.0437. The third-order valence-corrected chi connectivity index (χ3v) is 11.9. The van der Waals surface area contributed by atoms with Crippen molar-refractivity contribution in [2.24, 2.45) is 0 Å². The maximum absolute atomic E-state index is 5.41. The van der Waals surface area contributed by atoms with Crippen molar-refractivity contribution < 1.29 is 0 Å². The Hall–Kier alpha value is -6.33. The van der Waals surface area contributed by atoms with E-state index in [0.717, 1.165) is 22.7 Å². The van der Waals surface area contributed by atoms with Gasteiger partial charge >= 0.3 is 0 Å². The van der Waals surface area contributed by atoms with Crippen LogP contribution < -0.4 is 21.3 Å². The van der Waals surface area contributed by atoms with Gasteiger partial charge in [0.05, 0.1) is 22.1 Å². The van der Waals surface area contributed by atoms with E-state index in [1.54, 1.807) is 0 Å². The molecule has 5 heteroatoms. The molecule has 7 aromatic carbocycles. The molecule has 0 radical (unpaired) electrons. The summed E-state index contributed by atoms with van der Waals surface area (Å²) in [5.74, 6) is 1.01. The number of hydrogen-bond acceptors (Lipinski definition) is 2. The van der Waals surface area contributed by atoms with Gasteiger partial charge < -0.3 is 9.47 Å². The molecule has 0 N–H and O–H groups in total. The molecule has 54 heavy (non-hydrogen) atoms. The molecule has 2 aromatic heterocycles. The number of benzene rings is 7. The molecule has 0 unspecified atom stereocenters. The van der Waals surface area contributed by atoms with E-state index in [9.17, 15) is 0 Å². The van der Waals surface area contributed by atoms with Crippen molar-refractivity contribution in [2.45, 2.75) is 40.0 Å². The molecule has 0 saturated heterocycles. The summed E-state index contributed by atoms with van der Waals surface area (Å²) in [6.07, 6.45) is 0. The number of rotatable bonds is 3. The minimum atomic E-state index is 0.0437. The van der Waals surface area contributed by atoms with Crippen LogP contribution >= 0.6 is 0 Å². The Morgan fingerprint density at radius 3 is 1.87 bits per heavy atom. The molecule has 11 rings (SSSR count). The zero-order valence-electron chi connectivity index (χ0n) is 31.2. The largest absolute Gasteiger partial charge is 0.311 e. The molecule has 4 nitrogen and oxygen atoms in total. The van der Waals surface area contributed by atoms with E-state index in [1.807, 2.05) is 0 Å². The first kappa shape index (κ1) is 31.2. The highest BCUT2D eigenvalue weighted by Gasteiger charge is 2.42. The fourth-order valence-electron chi connectivity index (χ4n) is 9.49. The van der Waals surface area contributed by atoms with Gasteiger partial charge in [-0.05, 0) is 107 Å². The normalized spacial score (nSPS) is 13.2. The van der Waals surface area contributed by atoms with E-state index in [0.29, 0.717) is 0 Å². The van der Waals surface area contributed by atoms with Crippen molar-refractivity contribution in [1.82, 2.24) is 14.1 Å². The van der Waals surface area contributed by atoms with E-state index < -0.39 is 0 Å². The minimum Gasteiger partial charge on any atom is -0.311 e. The quantitative estimate of drug-likeness (QED) is 0.172. The summed E-state index contributed by atoms with van der Waals surface area (Å²) in [6.45, 7) is 11.3. The topological polar surface area (TPSA) is 26.0 Å². The highest BCUT2D eigenvalue weighted by molar-refractivity contribution is 7.00. The maximum Gasteiger partial charge on any atom is 0.252 e. The van der Waals surface area contributed by atoms with Crippen LogP contribution in [0.15, 0.2) is 146 Å². The molecule has 2 aliphatic heterocycles. The van der Waals surface area contributed by atoms with Crippen molar-refractivity contribution in [3.63, 3.8) is 0 Å². The molecule has 0 amide bonds. The average Bonchev–Trinajstić information content (AvgIpc) is 3.73. The second kappa shape index (κ2) is 11.1. The van der Waals surface area contributed by atoms with Crippen molar-refractivity contribution >= 4 is 73.0 Å². The van der Waals surface area contributed by atoms with Crippen LogP contribution in [0.2, 0.25) is 0 Å². The van der Waals surface area contributed by atoms with Crippen LogP contribution in [-0.4, -0.2) is 20.8 Å². The Balaban J connectivity index is 1.23. The molecule has 0 fully saturated rings. The fourth-order valence-corrected chi connectivity index (χ4v) is 9.49. The molecule has 0 atom stereocenters. The number of aryl methyl sites for hydroxylation is 2. The zero-order valence-corrected chi connectivity index (χ0v) is 31.2. The van der Waals surface area contributed by atoms with Gasteiger partial charge in [0, 0.05) is 44.8 Å². The van der Waals surface area contributed by atoms with E-state index in [1.165, 1.54) is 83.0 Å². The lowest BCUT2D eigenvalue weighted by atomic mass is 9.34. The van der Waals surface area contributed by atoms with Crippen LogP contribution in [0.1, 0.15) is 37.5 Å². The molecule has 258 valence electrons. The molecule has 4 heterocycles. The molecule has 9 aromatic rings. The van der Waals surface area contributed by atoms with E-state index in [2.05, 4.69) is 194 Å². The van der Waals surface area contributed by atoms with Crippen molar-refractivity contribution in [2.75, 3.05) is 4.90 Å². The number of fused-ring (bicyclic) bond motifs is 7. The van der Waals surface area contributed by atoms with Gasteiger partial charge in [0.25, 0.3) is 6.71 Å². The van der Waals surface area contributed by atoms with Crippen LogP contribution in [0.5, 0.6) is 0 Å². The van der Waals surface area contributed by atoms with Crippen LogP contribution in [-0.2, 0) is 5.41 Å². The smallest absolute Gasteiger partial charge is 0.252 e. The van der Waals surface area contributed by atoms with Crippen molar-refractivity contribution in [1.29, 1.82) is 0 Å². The Kier molecular flexibility index (Phi) is 6.42. The SMILES string of the molecule is Cc1cccc(C)c1-c1nc2cccc3c2n1-c1cccc2c1B3c1ccc(-n3c4ccccc4c4ccccc43)cc1N2c1ccc(C(C)(C)C)cc1. The Labute approximate surface area is 316 Å². The maximum atomic E-state index is 5.41. The third kappa shape index (κ3) is 4.24. The van der Waals surface area contributed by atoms with Crippen LogP contribution in [0, 0.1) is 13.8 Å². The lowest BCUT2D eigenvalue weighted by Crippen LogP contribution is -2.60. The highest BCUT2D eigenvalue weighted by Crippen LogP contribution is 2.43. The van der Waals surface area contributed by atoms with E-state index >= 15 is 0 Å². The molecule has 0 bridgehead atoms. The number of nitrogens with zero attached hydrogens (tertiary/aromatic N) is 4. The standard InChI is InChI=1S/C49H39BN4/c1-30-13-10-14-31(2)45(30)48-51-39-18-11-17-38-47(39)54(48)43-22-12-21-42-46(43)50(38)37-28-27-34(29-44(37)52(42)33-25-23-32(24-26-33)49(3,4)5)53-40-19-8-6-15-35(40)36-16-7-9-20-41(36)53/h6-29H,1-5H3. The number of anilines is 3. The number of aromatic nitrogens is 3. The Morgan fingerprint density at radius 2 is 1.17 bits per heavy atom. The first-order valence-corrected chi connectivity index (χ1v) is 19.0. The van der Waals surface area contributed by atoms with Gasteiger partial charge in [-0.15, -0.1) is 0 Å². The second-order valence-electron chi connectivity index (χ2n) is 16.1. The average molecular weight is 695 g/mol. The molecule has 0 saturated carbocycles. The summed E-state index contributed by atoms with van der Waals surface area (Å²) in [4.78, 5) is 7.92. The number of para-hydroxylation sites is 3. The summed E-state index contributed by atoms with van der Waals surface area (Å²) >= 11 is 0. The van der Waals surface area contributed by atoms with Gasteiger partial charge in [-0.3, -0.25) is 4.57 Å². The summed E-state index contributed by atoms with van der Waals surface area (Å²) in [5, 5.41) is 2.53. The summed E-state index contributed by atoms with van der Waals surface area (Å²) in [6, 6.07) is 54.1. The summed E-state index contributed by atoms with van der Waals surface area (Å²) in [5.41, 5.74) is 19.5. The lowest BCUT2D eigenvalue weighted by Gasteiger charge is -2.40. The first-order valence-electron chi connectivity index (χ1n) is 19.0. The van der Waals surface area contributed by atoms with Crippen molar-refractivity contribution in [3.05, 3.63) is 162 Å². The van der Waals surface area contributed by atoms with E-state index in [-0.39, 0.29) is 12.1 Å². The van der Waals surface area contributed by atoms with E-state index in [4.69, 9.17) is 4.98 Å². The van der Waals surface area contributed by atoms with Gasteiger partial charge in [0.15, 0.2) is 0 Å². The van der Waals surface area contributed by atoms with Gasteiger partial charge in [-0.25, -0.2) is 4.98 Å². The predicted octanol–water partition coefficient (Wildman–Crippen LogP) is 10.3. The molecule has 0 aliphatic carbocycles. The second-order valence-corrected chi connectivity index (χ2v) is 16.1. The number of hydrogen-bond donors (Lipinski definition) is 0. The zero-order chi connectivity index (χ0) is 36.5. The third-order valence-electron chi connectivity index (χ3n) is 11.9. The Bertz CT molecular complexity index is 2940. The predicted molar refractivity (Wildman–Crippen MR) is 228 cm³/mol. The molecule has 2 aliphatic rings. The summed E-state index contributed by atoms with van der Waals surface area (Å²) in [7, 11) is 0.